The molecule has 0 radical (unpaired) electrons. The highest BCUT2D eigenvalue weighted by Crippen LogP contribution is 2.42. The fourth-order valence-electron chi connectivity index (χ4n) is 4.09. The van der Waals surface area contributed by atoms with Crippen molar-refractivity contribution in [2.24, 2.45) is 10.4 Å². The number of likely N-dealkylation sites (tertiary alicyclic amines) is 1. The van der Waals surface area contributed by atoms with Crippen LogP contribution in [0.15, 0.2) is 4.99 Å². The van der Waals surface area contributed by atoms with E-state index in [1.165, 1.54) is 57.6 Å². The second-order valence-electron chi connectivity index (χ2n) is 7.34. The van der Waals surface area contributed by atoms with Gasteiger partial charge in [0.25, 0.3) is 0 Å². The van der Waals surface area contributed by atoms with Crippen molar-refractivity contribution in [3.63, 3.8) is 0 Å². The number of halogens is 1. The third kappa shape index (κ3) is 7.99. The average molecular weight is 486 g/mol. The molecule has 0 amide bonds. The molecule has 0 aromatic heterocycles. The summed E-state index contributed by atoms with van der Waals surface area (Å²) in [5.41, 5.74) is 0.468. The van der Waals surface area contributed by atoms with Gasteiger partial charge in [-0.1, -0.05) is 25.7 Å². The Hall–Kier alpha value is -0.0900. The largest absolute Gasteiger partial charge is 0.357 e. The Labute approximate surface area is 170 Å². The zero-order valence-electron chi connectivity index (χ0n) is 15.7. The van der Waals surface area contributed by atoms with Crippen molar-refractivity contribution in [1.82, 2.24) is 14.9 Å². The Morgan fingerprint density at radius 1 is 1.12 bits per heavy atom. The lowest BCUT2D eigenvalue weighted by molar-refractivity contribution is 0.115. The first kappa shape index (κ1) is 23.0. The maximum absolute atomic E-state index is 11.2. The van der Waals surface area contributed by atoms with Crippen LogP contribution in [0, 0.1) is 5.41 Å². The van der Waals surface area contributed by atoms with Crippen LogP contribution in [-0.2, 0) is 10.0 Å². The molecule has 2 fully saturated rings. The van der Waals surface area contributed by atoms with E-state index in [9.17, 15) is 8.42 Å². The number of nitrogens with one attached hydrogen (secondary N) is 2. The maximum atomic E-state index is 11.2. The Kier molecular flexibility index (Phi) is 10.0. The van der Waals surface area contributed by atoms with Gasteiger partial charge >= 0.3 is 0 Å². The molecule has 8 heteroatoms. The van der Waals surface area contributed by atoms with Gasteiger partial charge in [-0.15, -0.1) is 24.0 Å². The molecule has 25 heavy (non-hydrogen) atoms. The van der Waals surface area contributed by atoms with Crippen LogP contribution >= 0.6 is 24.0 Å². The number of nitrogens with zero attached hydrogens (tertiary/aromatic N) is 2. The lowest BCUT2D eigenvalue weighted by Gasteiger charge is -2.44. The Morgan fingerprint density at radius 2 is 1.76 bits per heavy atom. The van der Waals surface area contributed by atoms with E-state index in [1.54, 1.807) is 0 Å². The molecule has 1 spiro atoms. The molecule has 1 aliphatic heterocycles. The van der Waals surface area contributed by atoms with E-state index in [1.807, 2.05) is 0 Å². The van der Waals surface area contributed by atoms with Gasteiger partial charge in [0.05, 0.1) is 12.8 Å². The van der Waals surface area contributed by atoms with Crippen LogP contribution in [0.5, 0.6) is 0 Å². The van der Waals surface area contributed by atoms with Crippen molar-refractivity contribution >= 4 is 40.0 Å². The number of rotatable bonds is 5. The maximum Gasteiger partial charge on any atom is 0.208 e. The quantitative estimate of drug-likeness (QED) is 0.271. The summed E-state index contributed by atoms with van der Waals surface area (Å²) < 4.78 is 24.8. The minimum atomic E-state index is -3.14. The summed E-state index contributed by atoms with van der Waals surface area (Å²) in [4.78, 5) is 7.05. The van der Waals surface area contributed by atoms with Gasteiger partial charge in [0.1, 0.15) is 0 Å². The Bertz CT molecular complexity index is 517. The van der Waals surface area contributed by atoms with E-state index in [2.05, 4.69) is 26.9 Å². The van der Waals surface area contributed by atoms with Gasteiger partial charge in [0.15, 0.2) is 5.96 Å². The number of guanidine groups is 1. The van der Waals surface area contributed by atoms with Crippen molar-refractivity contribution in [2.75, 3.05) is 39.0 Å². The number of aliphatic imine (C=N–C) groups is 1. The molecule has 2 N–H and O–H groups in total. The molecule has 0 unspecified atom stereocenters. The van der Waals surface area contributed by atoms with Crippen molar-refractivity contribution in [3.05, 3.63) is 0 Å². The summed E-state index contributed by atoms with van der Waals surface area (Å²) in [6.45, 7) is 5.88. The van der Waals surface area contributed by atoms with Crippen molar-refractivity contribution in [1.29, 1.82) is 0 Å². The lowest BCUT2D eigenvalue weighted by atomic mass is 9.74. The van der Waals surface area contributed by atoms with Gasteiger partial charge in [-0.2, -0.15) is 0 Å². The molecule has 6 nitrogen and oxygen atoms in total. The van der Waals surface area contributed by atoms with Crippen LogP contribution in [0.25, 0.3) is 0 Å². The fourth-order valence-corrected chi connectivity index (χ4v) is 4.56. The summed E-state index contributed by atoms with van der Waals surface area (Å²) in [7, 11) is -3.14. The second kappa shape index (κ2) is 10.9. The third-order valence-corrected chi connectivity index (χ3v) is 5.93. The summed E-state index contributed by atoms with van der Waals surface area (Å²) in [5, 5.41) is 3.39. The van der Waals surface area contributed by atoms with Crippen LogP contribution in [-0.4, -0.2) is 58.3 Å². The Morgan fingerprint density at radius 3 is 2.36 bits per heavy atom. The predicted octanol–water partition coefficient (Wildman–Crippen LogP) is 2.56. The number of piperidine rings is 1. The van der Waals surface area contributed by atoms with Gasteiger partial charge < -0.3 is 10.2 Å². The topological polar surface area (TPSA) is 73.8 Å². The van der Waals surface area contributed by atoms with Crippen LogP contribution in [0.3, 0.4) is 0 Å². The molecule has 0 aromatic rings. The molecule has 1 saturated carbocycles. The van der Waals surface area contributed by atoms with Gasteiger partial charge in [-0.3, -0.25) is 4.99 Å². The minimum absolute atomic E-state index is 0. The number of sulfonamides is 1. The summed E-state index contributed by atoms with van der Waals surface area (Å²) in [5.74, 6) is 0.941. The zero-order valence-corrected chi connectivity index (χ0v) is 18.9. The highest BCUT2D eigenvalue weighted by molar-refractivity contribution is 14.0. The first-order valence-electron chi connectivity index (χ1n) is 9.42. The Balaban J connectivity index is 0.00000312. The monoisotopic (exact) mass is 486 g/mol. The predicted molar refractivity (Wildman–Crippen MR) is 115 cm³/mol. The molecule has 0 aromatic carbocycles. The molecule has 0 atom stereocenters. The zero-order chi connectivity index (χ0) is 17.5. The van der Waals surface area contributed by atoms with Crippen LogP contribution in [0.1, 0.15) is 58.3 Å². The molecule has 2 rings (SSSR count). The van der Waals surface area contributed by atoms with Crippen LogP contribution < -0.4 is 10.0 Å². The summed E-state index contributed by atoms with van der Waals surface area (Å²) in [6.07, 6.45) is 11.9. The SMILES string of the molecule is CCNC(=NCCNS(C)(=O)=O)N1CCCC2(CCCCCC2)C1.I. The van der Waals surface area contributed by atoms with Gasteiger partial charge in [-0.25, -0.2) is 13.1 Å². The van der Waals surface area contributed by atoms with E-state index in [-0.39, 0.29) is 24.0 Å². The molecular formula is C17H35IN4O2S. The summed E-state index contributed by atoms with van der Waals surface area (Å²) in [6, 6.07) is 0. The van der Waals surface area contributed by atoms with Crippen LogP contribution in [0.2, 0.25) is 0 Å². The van der Waals surface area contributed by atoms with Crippen molar-refractivity contribution in [2.45, 2.75) is 58.3 Å². The van der Waals surface area contributed by atoms with Gasteiger partial charge in [0.2, 0.25) is 10.0 Å². The standard InChI is InChI=1S/C17H34N4O2S.HI/c1-3-18-16(19-12-13-20-24(2,22)23)21-14-8-11-17(15-21)9-6-4-5-7-10-17;/h20H,3-15H2,1-2H3,(H,18,19);1H. The summed E-state index contributed by atoms with van der Waals surface area (Å²) >= 11 is 0. The van der Waals surface area contributed by atoms with E-state index in [0.29, 0.717) is 18.5 Å². The van der Waals surface area contributed by atoms with Gasteiger partial charge in [-0.05, 0) is 38.0 Å². The average Bonchev–Trinajstić information content (AvgIpc) is 2.75. The third-order valence-electron chi connectivity index (χ3n) is 5.20. The number of hydrogen-bond acceptors (Lipinski definition) is 3. The van der Waals surface area contributed by atoms with E-state index in [0.717, 1.165) is 25.6 Å². The second-order valence-corrected chi connectivity index (χ2v) is 9.17. The van der Waals surface area contributed by atoms with Crippen molar-refractivity contribution in [3.8, 4) is 0 Å². The van der Waals surface area contributed by atoms with E-state index < -0.39 is 10.0 Å². The fraction of sp³-hybridized carbons (Fsp3) is 0.941. The first-order chi connectivity index (χ1) is 11.4. The molecular weight excluding hydrogens is 451 g/mol. The number of hydrogen-bond donors (Lipinski definition) is 2. The molecule has 1 aliphatic carbocycles. The lowest BCUT2D eigenvalue weighted by Crippen LogP contribution is -2.50. The van der Waals surface area contributed by atoms with Crippen molar-refractivity contribution < 1.29 is 8.42 Å². The highest BCUT2D eigenvalue weighted by atomic mass is 127. The molecule has 148 valence electrons. The normalized spacial score (nSPS) is 21.5. The first-order valence-corrected chi connectivity index (χ1v) is 11.3. The molecule has 2 aliphatic rings. The van der Waals surface area contributed by atoms with E-state index >= 15 is 0 Å². The highest BCUT2D eigenvalue weighted by Gasteiger charge is 2.36. The molecule has 1 heterocycles. The minimum Gasteiger partial charge on any atom is -0.357 e. The van der Waals surface area contributed by atoms with E-state index in [4.69, 9.17) is 0 Å². The molecule has 0 bridgehead atoms. The molecule has 1 saturated heterocycles. The smallest absolute Gasteiger partial charge is 0.208 e. The van der Waals surface area contributed by atoms with Crippen LogP contribution in [0.4, 0.5) is 0 Å². The van der Waals surface area contributed by atoms with Gasteiger partial charge in [0, 0.05) is 26.2 Å².